The monoisotopic (exact) mass is 455 g/mol. The van der Waals surface area contributed by atoms with Crippen molar-refractivity contribution in [2.75, 3.05) is 21.2 Å². The predicted molar refractivity (Wildman–Crippen MR) is 135 cm³/mol. The van der Waals surface area contributed by atoms with Gasteiger partial charge in [-0.2, -0.15) is 0 Å². The Kier molecular flexibility index (Phi) is 6.66. The van der Waals surface area contributed by atoms with Gasteiger partial charge in [-0.25, -0.2) is 4.99 Å². The highest BCUT2D eigenvalue weighted by atomic mass is 16.5. The minimum atomic E-state index is -0.711. The number of ether oxygens (including phenoxy) is 1. The fourth-order valence-corrected chi connectivity index (χ4v) is 5.07. The Balaban J connectivity index is 1.81. The summed E-state index contributed by atoms with van der Waals surface area (Å²) in [6.07, 6.45) is 4.03. The van der Waals surface area contributed by atoms with Crippen LogP contribution in [0.4, 0.5) is 0 Å². The van der Waals surface area contributed by atoms with Crippen molar-refractivity contribution in [1.82, 2.24) is 10.2 Å². The standard InChI is InChI=1S/C29H33N3O2/c1-6-7-10-21-11-8-12-24(19-21)28(2)26(27(33)32(4)25(31-28)20-30-3)22-13-15-23(16-14-22)29(34-5)17-9-18-29/h8,11-16,19,26,31H,6,9,17-18H2,1-5H3/t26-,28+/m0/s1. The van der Waals surface area contributed by atoms with Crippen LogP contribution in [-0.4, -0.2) is 37.9 Å². The number of carbonyl (C=O) groups is 1. The number of likely N-dealkylation sites (N-methyl/N-ethyl adjacent to an activating group) is 1. The molecule has 1 heterocycles. The molecule has 4 rings (SSSR count). The molecule has 1 N–H and O–H groups in total. The zero-order chi connectivity index (χ0) is 24.3. The van der Waals surface area contributed by atoms with E-state index in [0.29, 0.717) is 5.82 Å². The molecular formula is C29H33N3O2. The number of nitrogens with zero attached hydrogens (tertiary/aromatic N) is 2. The highest BCUT2D eigenvalue weighted by Gasteiger charge is 2.48. The average Bonchev–Trinajstić information content (AvgIpc) is 2.82. The number of carbonyl (C=O) groups excluding carboxylic acids is 1. The summed E-state index contributed by atoms with van der Waals surface area (Å²) in [4.78, 5) is 19.4. The normalized spacial score (nSPS) is 23.2. The first-order valence-electron chi connectivity index (χ1n) is 11.9. The molecule has 0 aromatic heterocycles. The van der Waals surface area contributed by atoms with Crippen molar-refractivity contribution in [2.24, 2.45) is 4.99 Å². The SMILES string of the molecule is CCC#Cc1cccc([C@@]2(C)NC(=C=NC)N(C)C(=O)[C@@H]2c2ccc(C3(OC)CCC3)cc2)c1. The van der Waals surface area contributed by atoms with Crippen molar-refractivity contribution in [1.29, 1.82) is 0 Å². The smallest absolute Gasteiger partial charge is 0.238 e. The number of hydrogen-bond donors (Lipinski definition) is 1. The fraction of sp³-hybridized carbons (Fsp3) is 0.414. The predicted octanol–water partition coefficient (Wildman–Crippen LogP) is 4.68. The lowest BCUT2D eigenvalue weighted by Crippen LogP contribution is -2.58. The first-order chi connectivity index (χ1) is 16.4. The van der Waals surface area contributed by atoms with Crippen LogP contribution in [0, 0.1) is 11.8 Å². The van der Waals surface area contributed by atoms with Gasteiger partial charge in [0.25, 0.3) is 0 Å². The topological polar surface area (TPSA) is 53.9 Å². The van der Waals surface area contributed by atoms with E-state index in [1.54, 1.807) is 26.1 Å². The first kappa shape index (κ1) is 23.8. The highest BCUT2D eigenvalue weighted by molar-refractivity contribution is 5.90. The number of amides is 1. The number of rotatable bonds is 4. The number of benzene rings is 2. The van der Waals surface area contributed by atoms with Gasteiger partial charge < -0.3 is 10.1 Å². The van der Waals surface area contributed by atoms with Crippen LogP contribution < -0.4 is 5.32 Å². The van der Waals surface area contributed by atoms with Gasteiger partial charge in [0.15, 0.2) is 5.82 Å². The molecule has 5 nitrogen and oxygen atoms in total. The molecule has 1 amide bonds. The molecule has 2 atom stereocenters. The van der Waals surface area contributed by atoms with Gasteiger partial charge in [0.2, 0.25) is 5.91 Å². The zero-order valence-corrected chi connectivity index (χ0v) is 20.7. The van der Waals surface area contributed by atoms with Crippen LogP contribution in [0.25, 0.3) is 0 Å². The van der Waals surface area contributed by atoms with Crippen LogP contribution >= 0.6 is 0 Å². The Bertz CT molecular complexity index is 1190. The molecule has 34 heavy (non-hydrogen) atoms. The van der Waals surface area contributed by atoms with Gasteiger partial charge in [-0.05, 0) is 55.0 Å². The van der Waals surface area contributed by atoms with Gasteiger partial charge in [-0.1, -0.05) is 55.2 Å². The maximum atomic E-state index is 13.8. The quantitative estimate of drug-likeness (QED) is 0.538. The van der Waals surface area contributed by atoms with E-state index in [1.807, 2.05) is 19.1 Å². The third-order valence-electron chi connectivity index (χ3n) is 7.28. The lowest BCUT2D eigenvalue weighted by atomic mass is 9.71. The van der Waals surface area contributed by atoms with E-state index < -0.39 is 11.5 Å². The van der Waals surface area contributed by atoms with Crippen molar-refractivity contribution < 1.29 is 9.53 Å². The average molecular weight is 456 g/mol. The summed E-state index contributed by atoms with van der Waals surface area (Å²) in [6.45, 7) is 4.11. The van der Waals surface area contributed by atoms with Crippen molar-refractivity contribution in [2.45, 2.75) is 56.6 Å². The number of aliphatic imine (C=N–C) groups is 1. The summed E-state index contributed by atoms with van der Waals surface area (Å²) in [5, 5.41) is 3.58. The van der Waals surface area contributed by atoms with Crippen LogP contribution in [0.1, 0.15) is 67.7 Å². The fourth-order valence-electron chi connectivity index (χ4n) is 5.07. The van der Waals surface area contributed by atoms with Crippen molar-refractivity contribution >= 4 is 11.8 Å². The van der Waals surface area contributed by atoms with E-state index in [0.717, 1.165) is 36.0 Å². The molecule has 2 aliphatic rings. The molecule has 0 bridgehead atoms. The van der Waals surface area contributed by atoms with Gasteiger partial charge in [-0.3, -0.25) is 9.69 Å². The molecule has 1 saturated carbocycles. The molecule has 1 aliphatic carbocycles. The van der Waals surface area contributed by atoms with E-state index >= 15 is 0 Å². The highest BCUT2D eigenvalue weighted by Crippen LogP contribution is 2.46. The molecular weight excluding hydrogens is 422 g/mol. The number of hydrogen-bond acceptors (Lipinski definition) is 4. The van der Waals surface area contributed by atoms with Crippen molar-refractivity contribution in [3.05, 3.63) is 76.6 Å². The second-order valence-electron chi connectivity index (χ2n) is 9.25. The molecule has 5 heteroatoms. The largest absolute Gasteiger partial charge is 0.374 e. The Labute approximate surface area is 202 Å². The lowest BCUT2D eigenvalue weighted by Gasteiger charge is -2.46. The summed E-state index contributed by atoms with van der Waals surface area (Å²) < 4.78 is 5.86. The van der Waals surface area contributed by atoms with Crippen LogP contribution in [0.5, 0.6) is 0 Å². The van der Waals surface area contributed by atoms with E-state index in [1.165, 1.54) is 12.0 Å². The molecule has 2 aromatic carbocycles. The minimum Gasteiger partial charge on any atom is -0.374 e. The summed E-state index contributed by atoms with van der Waals surface area (Å²) >= 11 is 0. The third kappa shape index (κ3) is 4.05. The first-order valence-corrected chi connectivity index (χ1v) is 11.9. The summed E-state index contributed by atoms with van der Waals surface area (Å²) in [6, 6.07) is 16.5. The van der Waals surface area contributed by atoms with E-state index in [9.17, 15) is 4.79 Å². The Morgan fingerprint density at radius 3 is 2.50 bits per heavy atom. The molecule has 176 valence electrons. The van der Waals surface area contributed by atoms with Crippen LogP contribution in [0.15, 0.2) is 59.3 Å². The Hall–Kier alpha value is -3.32. The van der Waals surface area contributed by atoms with Gasteiger partial charge in [0, 0.05) is 39.1 Å². The Morgan fingerprint density at radius 2 is 1.91 bits per heavy atom. The van der Waals surface area contributed by atoms with Crippen molar-refractivity contribution in [3.8, 4) is 11.8 Å². The van der Waals surface area contributed by atoms with E-state index in [2.05, 4.69) is 71.3 Å². The summed E-state index contributed by atoms with van der Waals surface area (Å²) in [7, 11) is 5.20. The Morgan fingerprint density at radius 1 is 1.18 bits per heavy atom. The molecule has 2 aromatic rings. The lowest BCUT2D eigenvalue weighted by molar-refractivity contribution is -0.134. The van der Waals surface area contributed by atoms with E-state index in [-0.39, 0.29) is 11.5 Å². The van der Waals surface area contributed by atoms with Crippen LogP contribution in [0.3, 0.4) is 0 Å². The van der Waals surface area contributed by atoms with Crippen molar-refractivity contribution in [3.63, 3.8) is 0 Å². The second-order valence-corrected chi connectivity index (χ2v) is 9.25. The van der Waals surface area contributed by atoms with E-state index in [4.69, 9.17) is 4.74 Å². The third-order valence-corrected chi connectivity index (χ3v) is 7.28. The molecule has 0 spiro atoms. The van der Waals surface area contributed by atoms with Crippen LogP contribution in [0.2, 0.25) is 0 Å². The zero-order valence-electron chi connectivity index (χ0n) is 20.7. The molecule has 0 unspecified atom stereocenters. The van der Waals surface area contributed by atoms with Crippen LogP contribution in [-0.2, 0) is 20.7 Å². The minimum absolute atomic E-state index is 0.00436. The second kappa shape index (κ2) is 9.50. The van der Waals surface area contributed by atoms with Gasteiger partial charge >= 0.3 is 0 Å². The number of methoxy groups -OCH3 is 1. The molecule has 1 aliphatic heterocycles. The number of nitrogens with one attached hydrogen (secondary N) is 1. The molecule has 1 saturated heterocycles. The molecule has 2 fully saturated rings. The maximum Gasteiger partial charge on any atom is 0.238 e. The maximum absolute atomic E-state index is 13.8. The summed E-state index contributed by atoms with van der Waals surface area (Å²) in [5.41, 5.74) is 3.16. The summed E-state index contributed by atoms with van der Waals surface area (Å²) in [5.74, 6) is 9.42. The van der Waals surface area contributed by atoms with Gasteiger partial charge in [0.05, 0.1) is 17.1 Å². The van der Waals surface area contributed by atoms with Gasteiger partial charge in [-0.15, -0.1) is 0 Å². The molecule has 0 radical (unpaired) electrons. The van der Waals surface area contributed by atoms with Gasteiger partial charge in [0.1, 0.15) is 0 Å².